The van der Waals surface area contributed by atoms with Gasteiger partial charge in [-0.1, -0.05) is 13.8 Å². The molecule has 0 fully saturated rings. The highest BCUT2D eigenvalue weighted by atomic mass is 32.1. The van der Waals surface area contributed by atoms with Crippen LogP contribution in [-0.2, 0) is 40.2 Å². The first-order valence-electron chi connectivity index (χ1n) is 10.6. The molecule has 1 aliphatic rings. The van der Waals surface area contributed by atoms with Gasteiger partial charge >= 0.3 is 5.97 Å². The van der Waals surface area contributed by atoms with Crippen LogP contribution in [0, 0.1) is 0 Å². The van der Waals surface area contributed by atoms with Gasteiger partial charge in [0.05, 0.1) is 18.5 Å². The van der Waals surface area contributed by atoms with Crippen LogP contribution in [0.2, 0.25) is 0 Å². The number of hydrogen-bond acceptors (Lipinski definition) is 7. The topological polar surface area (TPSA) is 73.7 Å². The van der Waals surface area contributed by atoms with E-state index in [4.69, 9.17) is 14.5 Å². The van der Waals surface area contributed by atoms with Gasteiger partial charge in [-0.15, -0.1) is 11.3 Å². The summed E-state index contributed by atoms with van der Waals surface area (Å²) in [5, 5.41) is 0.704. The number of esters is 1. The molecule has 0 saturated heterocycles. The Morgan fingerprint density at radius 3 is 2.66 bits per heavy atom. The van der Waals surface area contributed by atoms with Gasteiger partial charge in [0.1, 0.15) is 23.8 Å². The van der Waals surface area contributed by atoms with Crippen LogP contribution in [0.4, 0.5) is 0 Å². The maximum atomic E-state index is 13.4. The molecule has 0 spiro atoms. The predicted molar refractivity (Wildman–Crippen MR) is 115 cm³/mol. The first-order chi connectivity index (χ1) is 14.1. The standard InChI is InChI=1S/C21H31N3O4S/c1-4-23(5-2)13-17-22-20-19(15-9-7-8-10-16(15)29-20)21(26)24(17)14-18(25)28-12-11-27-6-3/h4-14H2,1-3H3. The van der Waals surface area contributed by atoms with Crippen molar-refractivity contribution >= 4 is 27.5 Å². The maximum absolute atomic E-state index is 13.4. The summed E-state index contributed by atoms with van der Waals surface area (Å²) in [6, 6.07) is 0. The van der Waals surface area contributed by atoms with Crippen molar-refractivity contribution in [1.29, 1.82) is 0 Å². The Hall–Kier alpha value is -1.77. The zero-order chi connectivity index (χ0) is 20.8. The predicted octanol–water partition coefficient (Wildman–Crippen LogP) is 2.76. The molecule has 0 amide bonds. The van der Waals surface area contributed by atoms with Gasteiger partial charge in [-0.05, 0) is 51.3 Å². The highest BCUT2D eigenvalue weighted by Crippen LogP contribution is 2.33. The number of carbonyl (C=O) groups is 1. The van der Waals surface area contributed by atoms with Crippen LogP contribution in [0.1, 0.15) is 49.9 Å². The summed E-state index contributed by atoms with van der Waals surface area (Å²) >= 11 is 1.64. The number of hydrogen-bond donors (Lipinski definition) is 0. The second-order valence-corrected chi connectivity index (χ2v) is 8.27. The van der Waals surface area contributed by atoms with E-state index in [9.17, 15) is 9.59 Å². The lowest BCUT2D eigenvalue weighted by atomic mass is 9.97. The van der Waals surface area contributed by atoms with Gasteiger partial charge in [-0.25, -0.2) is 4.98 Å². The molecular formula is C21H31N3O4S. The Labute approximate surface area is 175 Å². The molecule has 0 saturated carbocycles. The van der Waals surface area contributed by atoms with E-state index in [2.05, 4.69) is 18.7 Å². The van der Waals surface area contributed by atoms with E-state index in [1.54, 1.807) is 11.3 Å². The molecule has 3 rings (SSSR count). The monoisotopic (exact) mass is 421 g/mol. The number of rotatable bonds is 10. The minimum atomic E-state index is -0.433. The minimum Gasteiger partial charge on any atom is -0.462 e. The molecule has 29 heavy (non-hydrogen) atoms. The quantitative estimate of drug-likeness (QED) is 0.434. The van der Waals surface area contributed by atoms with Crippen LogP contribution in [-0.4, -0.2) is 53.3 Å². The fourth-order valence-electron chi connectivity index (χ4n) is 3.75. The summed E-state index contributed by atoms with van der Waals surface area (Å²) in [4.78, 5) is 35.0. The van der Waals surface area contributed by atoms with E-state index in [-0.39, 0.29) is 18.7 Å². The van der Waals surface area contributed by atoms with Gasteiger partial charge in [-0.3, -0.25) is 19.1 Å². The molecular weight excluding hydrogens is 390 g/mol. The Bertz CT molecular complexity index is 901. The third-order valence-corrected chi connectivity index (χ3v) is 6.58. The lowest BCUT2D eigenvalue weighted by Crippen LogP contribution is -2.33. The molecule has 8 heteroatoms. The summed E-state index contributed by atoms with van der Waals surface area (Å²) in [6.07, 6.45) is 4.19. The molecule has 0 atom stereocenters. The average Bonchev–Trinajstić information content (AvgIpc) is 3.10. The molecule has 0 bridgehead atoms. The molecule has 160 valence electrons. The lowest BCUT2D eigenvalue weighted by molar-refractivity contribution is -0.146. The third-order valence-electron chi connectivity index (χ3n) is 5.40. The van der Waals surface area contributed by atoms with Crippen LogP contribution in [0.5, 0.6) is 0 Å². The van der Waals surface area contributed by atoms with Gasteiger partial charge in [-0.2, -0.15) is 0 Å². The van der Waals surface area contributed by atoms with E-state index >= 15 is 0 Å². The highest BCUT2D eigenvalue weighted by Gasteiger charge is 2.23. The largest absolute Gasteiger partial charge is 0.462 e. The molecule has 7 nitrogen and oxygen atoms in total. The molecule has 2 aromatic rings. The lowest BCUT2D eigenvalue weighted by Gasteiger charge is -2.20. The molecule has 0 aromatic carbocycles. The smallest absolute Gasteiger partial charge is 0.326 e. The Kier molecular flexibility index (Phi) is 7.80. The fourth-order valence-corrected chi connectivity index (χ4v) is 5.02. The van der Waals surface area contributed by atoms with Gasteiger partial charge in [0, 0.05) is 11.5 Å². The summed E-state index contributed by atoms with van der Waals surface area (Å²) in [5.41, 5.74) is 1.03. The first-order valence-corrected chi connectivity index (χ1v) is 11.4. The van der Waals surface area contributed by atoms with Crippen molar-refractivity contribution in [3.05, 3.63) is 26.6 Å². The number of aryl methyl sites for hydroxylation is 2. The molecule has 1 aliphatic carbocycles. The van der Waals surface area contributed by atoms with Gasteiger partial charge in [0.2, 0.25) is 0 Å². The molecule has 0 radical (unpaired) electrons. The zero-order valence-electron chi connectivity index (χ0n) is 17.7. The van der Waals surface area contributed by atoms with Crippen molar-refractivity contribution in [2.45, 2.75) is 59.5 Å². The number of fused-ring (bicyclic) bond motifs is 3. The van der Waals surface area contributed by atoms with E-state index in [1.165, 1.54) is 9.44 Å². The summed E-state index contributed by atoms with van der Waals surface area (Å²) in [7, 11) is 0. The highest BCUT2D eigenvalue weighted by molar-refractivity contribution is 7.18. The molecule has 0 aliphatic heterocycles. The number of carbonyl (C=O) groups excluding carboxylic acids is 1. The SMILES string of the molecule is CCOCCOC(=O)Cn1c(CN(CC)CC)nc2sc3c(c2c1=O)CCCC3. The Morgan fingerprint density at radius 2 is 1.93 bits per heavy atom. The van der Waals surface area contributed by atoms with Crippen molar-refractivity contribution in [2.75, 3.05) is 32.9 Å². The Balaban J connectivity index is 1.96. The van der Waals surface area contributed by atoms with Crippen molar-refractivity contribution in [3.63, 3.8) is 0 Å². The maximum Gasteiger partial charge on any atom is 0.326 e. The number of thiophene rings is 1. The van der Waals surface area contributed by atoms with Gasteiger partial charge in [0.15, 0.2) is 0 Å². The van der Waals surface area contributed by atoms with Crippen molar-refractivity contribution < 1.29 is 14.3 Å². The van der Waals surface area contributed by atoms with Crippen molar-refractivity contribution in [1.82, 2.24) is 14.5 Å². The summed E-state index contributed by atoms with van der Waals surface area (Å²) in [6.45, 7) is 9.30. The number of aromatic nitrogens is 2. The zero-order valence-corrected chi connectivity index (χ0v) is 18.5. The average molecular weight is 422 g/mol. The van der Waals surface area contributed by atoms with Crippen molar-refractivity contribution in [2.24, 2.45) is 0 Å². The summed E-state index contributed by atoms with van der Waals surface area (Å²) < 4.78 is 12.0. The van der Waals surface area contributed by atoms with Gasteiger partial charge in [0.25, 0.3) is 5.56 Å². The number of nitrogens with zero attached hydrogens (tertiary/aromatic N) is 3. The van der Waals surface area contributed by atoms with E-state index in [0.29, 0.717) is 31.0 Å². The second kappa shape index (κ2) is 10.3. The second-order valence-electron chi connectivity index (χ2n) is 7.19. The molecule has 0 unspecified atom stereocenters. The normalized spacial score (nSPS) is 13.8. The van der Waals surface area contributed by atoms with Crippen molar-refractivity contribution in [3.8, 4) is 0 Å². The van der Waals surface area contributed by atoms with E-state index in [0.717, 1.165) is 49.2 Å². The van der Waals surface area contributed by atoms with Crippen LogP contribution >= 0.6 is 11.3 Å². The molecule has 0 N–H and O–H groups in total. The van der Waals surface area contributed by atoms with Crippen LogP contribution < -0.4 is 5.56 Å². The van der Waals surface area contributed by atoms with Crippen LogP contribution in [0.15, 0.2) is 4.79 Å². The van der Waals surface area contributed by atoms with Gasteiger partial charge < -0.3 is 9.47 Å². The van der Waals surface area contributed by atoms with Crippen LogP contribution in [0.3, 0.4) is 0 Å². The molecule has 2 aromatic heterocycles. The molecule has 2 heterocycles. The first kappa shape index (κ1) is 21.9. The minimum absolute atomic E-state index is 0.113. The third kappa shape index (κ3) is 5.05. The van der Waals surface area contributed by atoms with E-state index < -0.39 is 5.97 Å². The fraction of sp³-hybridized carbons (Fsp3) is 0.667. The Morgan fingerprint density at radius 1 is 1.17 bits per heavy atom. The number of ether oxygens (including phenoxy) is 2. The van der Waals surface area contributed by atoms with Crippen LogP contribution in [0.25, 0.3) is 10.2 Å². The summed E-state index contributed by atoms with van der Waals surface area (Å²) in [5.74, 6) is 0.199. The van der Waals surface area contributed by atoms with E-state index in [1.807, 2.05) is 6.92 Å².